The first-order valence-electron chi connectivity index (χ1n) is 12.9. The molecule has 0 amide bonds. The fourth-order valence-electron chi connectivity index (χ4n) is 5.82. The van der Waals surface area contributed by atoms with Gasteiger partial charge in [-0.25, -0.2) is 19.9 Å². The predicted octanol–water partition coefficient (Wildman–Crippen LogP) is 7.22. The molecule has 1 aliphatic heterocycles. The Hall–Kier alpha value is -3.40. The van der Waals surface area contributed by atoms with E-state index in [1.54, 1.807) is 37.2 Å². The summed E-state index contributed by atoms with van der Waals surface area (Å²) in [6, 6.07) is 11.5. The topological polar surface area (TPSA) is 90.7 Å². The summed E-state index contributed by atoms with van der Waals surface area (Å²) >= 11 is 26.4. The first-order valence-corrected chi connectivity index (χ1v) is 14.4. The molecule has 4 aromatic heterocycles. The lowest BCUT2D eigenvalue weighted by atomic mass is 9.90. The summed E-state index contributed by atoms with van der Waals surface area (Å²) in [4.78, 5) is 20.9. The minimum absolute atomic E-state index is 0.288. The number of halogens is 4. The molecule has 7 rings (SSSR count). The molecule has 0 radical (unpaired) electrons. The second-order valence-electron chi connectivity index (χ2n) is 9.97. The Morgan fingerprint density at radius 3 is 1.93 bits per heavy atom. The molecule has 206 valence electrons. The number of hydrogen-bond donors (Lipinski definition) is 1. The van der Waals surface area contributed by atoms with E-state index in [2.05, 4.69) is 20.9 Å². The molecule has 1 aliphatic rings. The van der Waals surface area contributed by atoms with Gasteiger partial charge in [0.15, 0.2) is 0 Å². The van der Waals surface area contributed by atoms with E-state index < -0.39 is 5.54 Å². The van der Waals surface area contributed by atoms with Crippen LogP contribution in [0.25, 0.3) is 33.2 Å². The van der Waals surface area contributed by atoms with Gasteiger partial charge < -0.3 is 19.8 Å². The van der Waals surface area contributed by atoms with Crippen molar-refractivity contribution in [1.82, 2.24) is 29.1 Å². The average molecular weight is 624 g/mol. The lowest BCUT2D eigenvalue weighted by Gasteiger charge is -2.39. The molecule has 1 atom stereocenters. The molecule has 0 saturated carbocycles. The molecule has 5 heterocycles. The molecule has 0 bridgehead atoms. The maximum Gasteiger partial charge on any atom is 0.132 e. The number of imidazole rings is 2. The highest BCUT2D eigenvalue weighted by molar-refractivity contribution is 6.45. The summed E-state index contributed by atoms with van der Waals surface area (Å²) < 4.78 is 3.87. The van der Waals surface area contributed by atoms with Crippen LogP contribution in [-0.2, 0) is 5.54 Å². The van der Waals surface area contributed by atoms with Gasteiger partial charge in [0.2, 0.25) is 0 Å². The molecule has 1 fully saturated rings. The third-order valence-corrected chi connectivity index (χ3v) is 9.42. The SMILES string of the molecule is NC[C@]1(c2cc(-n3ccnc3)c3ccc(Cl)c(Cl)c3n2)CCCN1c1cc(-n2ccnc2)c2ccc(Cl)c(Cl)c2n1. The van der Waals surface area contributed by atoms with Gasteiger partial charge in [0, 0.05) is 54.7 Å². The number of benzene rings is 2. The van der Waals surface area contributed by atoms with Crippen LogP contribution in [0.1, 0.15) is 18.5 Å². The normalized spacial score (nSPS) is 17.2. The Morgan fingerprint density at radius 2 is 1.37 bits per heavy atom. The Kier molecular flexibility index (Phi) is 6.56. The van der Waals surface area contributed by atoms with Crippen LogP contribution < -0.4 is 10.6 Å². The van der Waals surface area contributed by atoms with Crippen LogP contribution in [0.5, 0.6) is 0 Å². The van der Waals surface area contributed by atoms with E-state index in [4.69, 9.17) is 62.1 Å². The van der Waals surface area contributed by atoms with Crippen molar-refractivity contribution >= 4 is 74.0 Å². The first kappa shape index (κ1) is 26.5. The first-order chi connectivity index (χ1) is 19.9. The zero-order valence-corrected chi connectivity index (χ0v) is 24.5. The summed E-state index contributed by atoms with van der Waals surface area (Å²) in [5.41, 5.74) is 9.68. The largest absolute Gasteiger partial charge is 0.344 e. The summed E-state index contributed by atoms with van der Waals surface area (Å²) in [5, 5.41) is 3.34. The standard InChI is InChI=1S/C29H22Cl4N8/c30-19-4-2-17-21(39-10-7-35-15-39)12-23(37-27(17)25(19)32)29(14-34)6-1-9-41(29)24-13-22(40-11-8-36-16-40)18-3-5-20(31)26(33)28(18)38-24/h2-5,7-8,10-13,15-16H,1,6,9,14,34H2/t29-/m0/s1. The van der Waals surface area contributed by atoms with Crippen molar-refractivity contribution in [1.29, 1.82) is 0 Å². The van der Waals surface area contributed by atoms with Crippen LogP contribution in [0.15, 0.2) is 73.8 Å². The Bertz CT molecular complexity index is 1920. The number of fused-ring (bicyclic) bond motifs is 2. The predicted molar refractivity (Wildman–Crippen MR) is 165 cm³/mol. The van der Waals surface area contributed by atoms with Gasteiger partial charge in [-0.15, -0.1) is 0 Å². The van der Waals surface area contributed by atoms with Crippen molar-refractivity contribution in [3.63, 3.8) is 0 Å². The van der Waals surface area contributed by atoms with Crippen molar-refractivity contribution in [3.05, 3.63) is 99.6 Å². The molecule has 2 aromatic carbocycles. The molecule has 2 N–H and O–H groups in total. The van der Waals surface area contributed by atoms with Gasteiger partial charge in [-0.1, -0.05) is 46.4 Å². The molecule has 1 saturated heterocycles. The monoisotopic (exact) mass is 622 g/mol. The summed E-state index contributed by atoms with van der Waals surface area (Å²) in [5.74, 6) is 0.705. The molecule has 6 aromatic rings. The van der Waals surface area contributed by atoms with Crippen LogP contribution in [0.3, 0.4) is 0 Å². The number of aromatic nitrogens is 6. The van der Waals surface area contributed by atoms with E-state index in [-0.39, 0.29) is 6.54 Å². The van der Waals surface area contributed by atoms with Crippen molar-refractivity contribution in [2.24, 2.45) is 5.73 Å². The minimum atomic E-state index is -0.687. The van der Waals surface area contributed by atoms with Crippen molar-refractivity contribution < 1.29 is 0 Å². The van der Waals surface area contributed by atoms with Crippen LogP contribution in [0.2, 0.25) is 20.1 Å². The highest BCUT2D eigenvalue weighted by atomic mass is 35.5. The van der Waals surface area contributed by atoms with E-state index >= 15 is 0 Å². The molecule has 0 aliphatic carbocycles. The number of hydrogen-bond acceptors (Lipinski definition) is 6. The van der Waals surface area contributed by atoms with Crippen molar-refractivity contribution in [2.75, 3.05) is 18.0 Å². The van der Waals surface area contributed by atoms with Crippen LogP contribution in [0.4, 0.5) is 5.82 Å². The van der Waals surface area contributed by atoms with Crippen LogP contribution >= 0.6 is 46.4 Å². The maximum absolute atomic E-state index is 6.74. The number of pyridine rings is 2. The zero-order valence-electron chi connectivity index (χ0n) is 21.5. The fourth-order valence-corrected chi connectivity index (χ4v) is 6.54. The molecular weight excluding hydrogens is 602 g/mol. The van der Waals surface area contributed by atoms with Crippen LogP contribution in [0, 0.1) is 0 Å². The highest BCUT2D eigenvalue weighted by Crippen LogP contribution is 2.44. The second kappa shape index (κ2) is 10.2. The van der Waals surface area contributed by atoms with Gasteiger partial charge in [0.25, 0.3) is 0 Å². The second-order valence-corrected chi connectivity index (χ2v) is 11.5. The van der Waals surface area contributed by atoms with Crippen molar-refractivity contribution in [2.45, 2.75) is 18.4 Å². The Morgan fingerprint density at radius 1 is 0.780 bits per heavy atom. The van der Waals surface area contributed by atoms with E-state index in [9.17, 15) is 0 Å². The Labute approximate surface area is 255 Å². The van der Waals surface area contributed by atoms with E-state index in [1.807, 2.05) is 39.7 Å². The van der Waals surface area contributed by atoms with Gasteiger partial charge in [-0.3, -0.25) is 0 Å². The molecule has 12 heteroatoms. The third-order valence-electron chi connectivity index (χ3n) is 7.83. The zero-order chi connectivity index (χ0) is 28.3. The third kappa shape index (κ3) is 4.16. The molecule has 8 nitrogen and oxygen atoms in total. The van der Waals surface area contributed by atoms with Gasteiger partial charge in [0.05, 0.1) is 66.4 Å². The molecule has 41 heavy (non-hydrogen) atoms. The number of nitrogens with zero attached hydrogens (tertiary/aromatic N) is 7. The smallest absolute Gasteiger partial charge is 0.132 e. The fraction of sp³-hybridized carbons (Fsp3) is 0.172. The summed E-state index contributed by atoms with van der Waals surface area (Å²) in [7, 11) is 0. The van der Waals surface area contributed by atoms with Gasteiger partial charge >= 0.3 is 0 Å². The van der Waals surface area contributed by atoms with E-state index in [0.717, 1.165) is 40.7 Å². The quantitative estimate of drug-likeness (QED) is 0.218. The summed E-state index contributed by atoms with van der Waals surface area (Å²) in [6.07, 6.45) is 12.4. The minimum Gasteiger partial charge on any atom is -0.344 e. The maximum atomic E-state index is 6.74. The molecular formula is C29H22Cl4N8. The lowest BCUT2D eigenvalue weighted by Crippen LogP contribution is -2.48. The van der Waals surface area contributed by atoms with Crippen LogP contribution in [-0.4, -0.2) is 42.2 Å². The average Bonchev–Trinajstić information content (AvgIpc) is 3.78. The Balaban J connectivity index is 1.48. The highest BCUT2D eigenvalue weighted by Gasteiger charge is 2.44. The van der Waals surface area contributed by atoms with E-state index in [1.165, 1.54) is 0 Å². The number of rotatable bonds is 5. The van der Waals surface area contributed by atoms with Gasteiger partial charge in [0.1, 0.15) is 5.82 Å². The molecule has 0 spiro atoms. The lowest BCUT2D eigenvalue weighted by molar-refractivity contribution is 0.441. The number of anilines is 1. The van der Waals surface area contributed by atoms with Gasteiger partial charge in [-0.2, -0.15) is 0 Å². The van der Waals surface area contributed by atoms with Gasteiger partial charge in [-0.05, 0) is 43.2 Å². The number of nitrogens with two attached hydrogens (primary N) is 1. The van der Waals surface area contributed by atoms with Crippen molar-refractivity contribution in [3.8, 4) is 11.4 Å². The summed E-state index contributed by atoms with van der Waals surface area (Å²) in [6.45, 7) is 0.997. The van der Waals surface area contributed by atoms with E-state index in [0.29, 0.717) is 43.5 Å². The molecule has 0 unspecified atom stereocenters.